The molecule has 5 rings (SSSR count). The molecular formula is C35H34. The van der Waals surface area contributed by atoms with Gasteiger partial charge in [-0.2, -0.15) is 0 Å². The molecule has 174 valence electrons. The van der Waals surface area contributed by atoms with Crippen LogP contribution in [0.15, 0.2) is 121 Å². The zero-order chi connectivity index (χ0) is 23.9. The fourth-order valence-electron chi connectivity index (χ4n) is 5.49. The maximum absolute atomic E-state index is 2.40. The fraction of sp³-hybridized carbons (Fsp3) is 0.200. The lowest BCUT2D eigenvalue weighted by molar-refractivity contribution is 0.616. The first kappa shape index (κ1) is 23.1. The van der Waals surface area contributed by atoms with Crippen LogP contribution in [-0.2, 0) is 19.3 Å². The first-order valence-corrected chi connectivity index (χ1v) is 13.0. The SMILES string of the molecule is CCCc1c(-c2ccccc2)cccc1C(CCc1ccccc1)Cc1cccc2ccccc12. The molecule has 0 aliphatic heterocycles. The Kier molecular flexibility index (Phi) is 7.39. The van der Waals surface area contributed by atoms with Crippen molar-refractivity contribution in [2.24, 2.45) is 0 Å². The van der Waals surface area contributed by atoms with Gasteiger partial charge in [-0.05, 0) is 75.8 Å². The first-order valence-electron chi connectivity index (χ1n) is 13.0. The van der Waals surface area contributed by atoms with Crippen LogP contribution in [0.4, 0.5) is 0 Å². The third-order valence-corrected chi connectivity index (χ3v) is 7.21. The second kappa shape index (κ2) is 11.2. The van der Waals surface area contributed by atoms with Gasteiger partial charge in [0.25, 0.3) is 0 Å². The van der Waals surface area contributed by atoms with Gasteiger partial charge in [0.1, 0.15) is 0 Å². The molecule has 0 aliphatic rings. The quantitative estimate of drug-likeness (QED) is 0.208. The molecule has 0 aliphatic carbocycles. The molecule has 1 atom stereocenters. The summed E-state index contributed by atoms with van der Waals surface area (Å²) in [5.41, 5.74) is 8.65. The standard InChI is InChI=1S/C35H34/c1-2-13-35-33(29-16-7-4-8-17-29)22-12-23-34(35)31(25-24-27-14-5-3-6-15-27)26-30-20-11-19-28-18-9-10-21-32(28)30/h3-12,14-23,31H,2,13,24-26H2,1H3. The van der Waals surface area contributed by atoms with Crippen molar-refractivity contribution in [1.82, 2.24) is 0 Å². The van der Waals surface area contributed by atoms with Crippen LogP contribution in [0.5, 0.6) is 0 Å². The van der Waals surface area contributed by atoms with Gasteiger partial charge < -0.3 is 0 Å². The minimum atomic E-state index is 0.464. The van der Waals surface area contributed by atoms with Crippen LogP contribution in [-0.4, -0.2) is 0 Å². The van der Waals surface area contributed by atoms with Crippen LogP contribution in [0.3, 0.4) is 0 Å². The van der Waals surface area contributed by atoms with E-state index in [4.69, 9.17) is 0 Å². The minimum absolute atomic E-state index is 0.464. The Morgan fingerprint density at radius 1 is 0.600 bits per heavy atom. The highest BCUT2D eigenvalue weighted by Gasteiger charge is 2.20. The second-order valence-corrected chi connectivity index (χ2v) is 9.55. The van der Waals surface area contributed by atoms with Gasteiger partial charge in [-0.1, -0.05) is 135 Å². The maximum Gasteiger partial charge on any atom is -0.0115 e. The highest BCUT2D eigenvalue weighted by atomic mass is 14.2. The lowest BCUT2D eigenvalue weighted by Gasteiger charge is -2.24. The van der Waals surface area contributed by atoms with E-state index in [1.807, 2.05) is 0 Å². The number of rotatable bonds is 9. The Labute approximate surface area is 210 Å². The molecule has 0 heteroatoms. The molecule has 1 unspecified atom stereocenters. The van der Waals surface area contributed by atoms with Crippen molar-refractivity contribution in [2.45, 2.75) is 44.9 Å². The molecule has 0 spiro atoms. The Morgan fingerprint density at radius 3 is 2.09 bits per heavy atom. The van der Waals surface area contributed by atoms with Crippen molar-refractivity contribution in [3.63, 3.8) is 0 Å². The summed E-state index contributed by atoms with van der Waals surface area (Å²) < 4.78 is 0. The molecule has 0 bridgehead atoms. The van der Waals surface area contributed by atoms with Crippen molar-refractivity contribution in [3.05, 3.63) is 144 Å². The molecule has 0 amide bonds. The van der Waals surface area contributed by atoms with Gasteiger partial charge in [0.15, 0.2) is 0 Å². The number of hydrogen-bond donors (Lipinski definition) is 0. The summed E-state index contributed by atoms with van der Waals surface area (Å²) >= 11 is 0. The van der Waals surface area contributed by atoms with Crippen molar-refractivity contribution >= 4 is 10.8 Å². The van der Waals surface area contributed by atoms with E-state index in [0.29, 0.717) is 5.92 Å². The highest BCUT2D eigenvalue weighted by Crippen LogP contribution is 2.36. The van der Waals surface area contributed by atoms with Crippen LogP contribution in [0.1, 0.15) is 47.9 Å². The molecule has 0 fully saturated rings. The summed E-state index contributed by atoms with van der Waals surface area (Å²) in [6, 6.07) is 44.5. The van der Waals surface area contributed by atoms with Crippen LogP contribution in [0.2, 0.25) is 0 Å². The van der Waals surface area contributed by atoms with E-state index in [-0.39, 0.29) is 0 Å². The highest BCUT2D eigenvalue weighted by molar-refractivity contribution is 5.85. The average molecular weight is 455 g/mol. The lowest BCUT2D eigenvalue weighted by atomic mass is 9.80. The Hall–Kier alpha value is -3.64. The molecule has 0 radical (unpaired) electrons. The molecule has 0 saturated heterocycles. The minimum Gasteiger partial charge on any atom is -0.0651 e. The molecule has 0 N–H and O–H groups in total. The molecule has 5 aromatic carbocycles. The Morgan fingerprint density at radius 2 is 1.29 bits per heavy atom. The Balaban J connectivity index is 1.58. The lowest BCUT2D eigenvalue weighted by Crippen LogP contribution is -2.09. The molecular weight excluding hydrogens is 420 g/mol. The van der Waals surface area contributed by atoms with Gasteiger partial charge in [0.05, 0.1) is 0 Å². The monoisotopic (exact) mass is 454 g/mol. The van der Waals surface area contributed by atoms with Crippen LogP contribution in [0, 0.1) is 0 Å². The van der Waals surface area contributed by atoms with Gasteiger partial charge >= 0.3 is 0 Å². The van der Waals surface area contributed by atoms with E-state index in [1.165, 1.54) is 44.2 Å². The molecule has 0 heterocycles. The number of benzene rings is 5. The Bertz CT molecular complexity index is 1360. The fourth-order valence-corrected chi connectivity index (χ4v) is 5.49. The average Bonchev–Trinajstić information content (AvgIpc) is 2.92. The van der Waals surface area contributed by atoms with Crippen LogP contribution in [0.25, 0.3) is 21.9 Å². The first-order chi connectivity index (χ1) is 17.3. The molecule has 35 heavy (non-hydrogen) atoms. The molecule has 0 saturated carbocycles. The van der Waals surface area contributed by atoms with E-state index < -0.39 is 0 Å². The molecule has 0 nitrogen and oxygen atoms in total. The zero-order valence-corrected chi connectivity index (χ0v) is 20.7. The van der Waals surface area contributed by atoms with E-state index >= 15 is 0 Å². The van der Waals surface area contributed by atoms with Crippen LogP contribution >= 0.6 is 0 Å². The summed E-state index contributed by atoms with van der Waals surface area (Å²) in [4.78, 5) is 0. The van der Waals surface area contributed by atoms with Crippen molar-refractivity contribution in [3.8, 4) is 11.1 Å². The predicted octanol–water partition coefficient (Wildman–Crippen LogP) is 9.42. The number of fused-ring (bicyclic) bond motifs is 1. The molecule has 0 aromatic heterocycles. The van der Waals surface area contributed by atoms with Gasteiger partial charge in [-0.15, -0.1) is 0 Å². The van der Waals surface area contributed by atoms with Gasteiger partial charge in [0.2, 0.25) is 0 Å². The van der Waals surface area contributed by atoms with Gasteiger partial charge in [-0.25, -0.2) is 0 Å². The smallest absolute Gasteiger partial charge is 0.0115 e. The second-order valence-electron chi connectivity index (χ2n) is 9.55. The third-order valence-electron chi connectivity index (χ3n) is 7.21. The van der Waals surface area contributed by atoms with Crippen molar-refractivity contribution in [2.75, 3.05) is 0 Å². The van der Waals surface area contributed by atoms with Crippen molar-refractivity contribution in [1.29, 1.82) is 0 Å². The summed E-state index contributed by atoms with van der Waals surface area (Å²) in [5, 5.41) is 2.72. The normalized spacial score (nSPS) is 12.0. The van der Waals surface area contributed by atoms with E-state index in [1.54, 1.807) is 0 Å². The van der Waals surface area contributed by atoms with Crippen LogP contribution < -0.4 is 0 Å². The van der Waals surface area contributed by atoms with Crippen molar-refractivity contribution < 1.29 is 0 Å². The van der Waals surface area contributed by atoms with Gasteiger partial charge in [0, 0.05) is 0 Å². The largest absolute Gasteiger partial charge is 0.0651 e. The number of aryl methyl sites for hydroxylation is 1. The predicted molar refractivity (Wildman–Crippen MR) is 151 cm³/mol. The number of hydrogen-bond acceptors (Lipinski definition) is 0. The zero-order valence-electron chi connectivity index (χ0n) is 20.7. The third kappa shape index (κ3) is 5.38. The molecule has 5 aromatic rings. The summed E-state index contributed by atoms with van der Waals surface area (Å²) in [6.07, 6.45) is 5.55. The van der Waals surface area contributed by atoms with E-state index in [9.17, 15) is 0 Å². The summed E-state index contributed by atoms with van der Waals surface area (Å²) in [5.74, 6) is 0.464. The summed E-state index contributed by atoms with van der Waals surface area (Å²) in [6.45, 7) is 2.30. The van der Waals surface area contributed by atoms with E-state index in [0.717, 1.165) is 32.1 Å². The topological polar surface area (TPSA) is 0 Å². The van der Waals surface area contributed by atoms with Gasteiger partial charge in [-0.3, -0.25) is 0 Å². The summed E-state index contributed by atoms with van der Waals surface area (Å²) in [7, 11) is 0. The maximum atomic E-state index is 2.40. The van der Waals surface area contributed by atoms with E-state index in [2.05, 4.69) is 128 Å².